The van der Waals surface area contributed by atoms with E-state index in [9.17, 15) is 9.59 Å². The van der Waals surface area contributed by atoms with Crippen molar-refractivity contribution in [2.75, 3.05) is 7.11 Å². The van der Waals surface area contributed by atoms with Crippen LogP contribution in [0.2, 0.25) is 0 Å². The molecule has 6 nitrogen and oxygen atoms in total. The predicted molar refractivity (Wildman–Crippen MR) is 117 cm³/mol. The molecular weight excluding hydrogens is 470 g/mol. The van der Waals surface area contributed by atoms with E-state index in [2.05, 4.69) is 20.9 Å². The molecular formula is C22H14BrNO5S. The first-order valence-electron chi connectivity index (χ1n) is 8.76. The molecule has 0 saturated carbocycles. The number of hydrogen-bond acceptors (Lipinski definition) is 7. The van der Waals surface area contributed by atoms with Gasteiger partial charge < -0.3 is 14.2 Å². The first-order chi connectivity index (χ1) is 14.5. The molecule has 0 amide bonds. The number of rotatable bonds is 5. The largest absolute Gasteiger partial charge is 0.493 e. The molecule has 0 N–H and O–H groups in total. The number of esters is 2. The molecule has 4 rings (SSSR count). The Labute approximate surface area is 184 Å². The van der Waals surface area contributed by atoms with Gasteiger partial charge in [0.2, 0.25) is 5.90 Å². The third kappa shape index (κ3) is 4.19. The van der Waals surface area contributed by atoms with Crippen molar-refractivity contribution in [3.05, 3.63) is 86.2 Å². The van der Waals surface area contributed by atoms with Crippen LogP contribution in [0, 0.1) is 0 Å². The van der Waals surface area contributed by atoms with E-state index in [4.69, 9.17) is 14.2 Å². The van der Waals surface area contributed by atoms with E-state index < -0.39 is 11.9 Å². The molecule has 3 aromatic rings. The maximum absolute atomic E-state index is 12.3. The fourth-order valence-electron chi connectivity index (χ4n) is 2.73. The number of thiophene rings is 1. The van der Waals surface area contributed by atoms with Gasteiger partial charge in [-0.3, -0.25) is 0 Å². The van der Waals surface area contributed by atoms with E-state index in [0.29, 0.717) is 26.2 Å². The van der Waals surface area contributed by atoms with Gasteiger partial charge in [-0.1, -0.05) is 24.3 Å². The summed E-state index contributed by atoms with van der Waals surface area (Å²) in [5.74, 6) is -0.191. The summed E-state index contributed by atoms with van der Waals surface area (Å²) in [4.78, 5) is 29.3. The Hall–Kier alpha value is -3.23. The summed E-state index contributed by atoms with van der Waals surface area (Å²) in [5, 5.41) is 1.79. The fraction of sp³-hybridized carbons (Fsp3) is 0.0455. The van der Waals surface area contributed by atoms with Crippen LogP contribution in [0.15, 0.2) is 75.1 Å². The van der Waals surface area contributed by atoms with Crippen molar-refractivity contribution in [3.63, 3.8) is 0 Å². The Kier molecular flexibility index (Phi) is 5.78. The quantitative estimate of drug-likeness (QED) is 0.287. The molecule has 1 aliphatic rings. The summed E-state index contributed by atoms with van der Waals surface area (Å²) in [7, 11) is 1.47. The number of benzene rings is 2. The van der Waals surface area contributed by atoms with Gasteiger partial charge in [-0.15, -0.1) is 11.3 Å². The van der Waals surface area contributed by atoms with Gasteiger partial charge in [-0.05, 0) is 63.3 Å². The van der Waals surface area contributed by atoms with Crippen LogP contribution in [0.1, 0.15) is 20.8 Å². The van der Waals surface area contributed by atoms with Crippen molar-refractivity contribution >= 4 is 51.2 Å². The fourth-order valence-corrected chi connectivity index (χ4v) is 3.87. The highest BCUT2D eigenvalue weighted by Crippen LogP contribution is 2.38. The van der Waals surface area contributed by atoms with Crippen LogP contribution in [-0.2, 0) is 9.53 Å². The van der Waals surface area contributed by atoms with Crippen molar-refractivity contribution in [1.29, 1.82) is 0 Å². The van der Waals surface area contributed by atoms with Gasteiger partial charge in [-0.2, -0.15) is 0 Å². The SMILES string of the molecule is COc1cc(/C=C2\N=C(c3ccccc3)OC2=O)cc(Br)c1OC(=O)c1cccs1. The zero-order chi connectivity index (χ0) is 21.1. The van der Waals surface area contributed by atoms with Crippen LogP contribution in [0.3, 0.4) is 0 Å². The molecule has 1 aromatic heterocycles. The minimum atomic E-state index is -0.544. The number of carbonyl (C=O) groups excluding carboxylic acids is 2. The lowest BCUT2D eigenvalue weighted by Crippen LogP contribution is -2.08. The Morgan fingerprint density at radius 3 is 2.67 bits per heavy atom. The lowest BCUT2D eigenvalue weighted by atomic mass is 10.1. The average Bonchev–Trinajstić information content (AvgIpc) is 3.41. The van der Waals surface area contributed by atoms with Crippen molar-refractivity contribution in [2.24, 2.45) is 4.99 Å². The second-order valence-corrected chi connectivity index (χ2v) is 7.91. The minimum Gasteiger partial charge on any atom is -0.493 e. The molecule has 0 unspecified atom stereocenters. The van der Waals surface area contributed by atoms with Crippen molar-refractivity contribution in [1.82, 2.24) is 0 Å². The van der Waals surface area contributed by atoms with Crippen molar-refractivity contribution in [2.45, 2.75) is 0 Å². The lowest BCUT2D eigenvalue weighted by molar-refractivity contribution is -0.129. The highest BCUT2D eigenvalue weighted by atomic mass is 79.9. The van der Waals surface area contributed by atoms with Crippen LogP contribution >= 0.6 is 27.3 Å². The number of aliphatic imine (C=N–C) groups is 1. The topological polar surface area (TPSA) is 74.2 Å². The van der Waals surface area contributed by atoms with Crippen molar-refractivity contribution in [3.8, 4) is 11.5 Å². The van der Waals surface area contributed by atoms with Gasteiger partial charge in [0.15, 0.2) is 17.2 Å². The van der Waals surface area contributed by atoms with Gasteiger partial charge in [0.1, 0.15) is 4.88 Å². The summed E-state index contributed by atoms with van der Waals surface area (Å²) in [6.07, 6.45) is 1.58. The molecule has 2 aromatic carbocycles. The van der Waals surface area contributed by atoms with Crippen LogP contribution < -0.4 is 9.47 Å². The van der Waals surface area contributed by atoms with E-state index in [0.717, 1.165) is 0 Å². The third-order valence-electron chi connectivity index (χ3n) is 4.11. The van der Waals surface area contributed by atoms with Crippen LogP contribution in [0.4, 0.5) is 0 Å². The molecule has 0 bridgehead atoms. The number of cyclic esters (lactones) is 1. The van der Waals surface area contributed by atoms with E-state index in [-0.39, 0.29) is 17.3 Å². The van der Waals surface area contributed by atoms with E-state index in [1.807, 2.05) is 30.3 Å². The highest BCUT2D eigenvalue weighted by Gasteiger charge is 2.24. The smallest absolute Gasteiger partial charge is 0.363 e. The molecule has 0 saturated heterocycles. The average molecular weight is 484 g/mol. The standard InChI is InChI=1S/C22H14BrNO5S/c1-27-17-12-13(10-15(23)19(17)28-22(26)18-8-5-9-30-18)11-16-21(25)29-20(24-16)14-6-3-2-4-7-14/h2-12H,1H3/b16-11-. The summed E-state index contributed by atoms with van der Waals surface area (Å²) in [6.45, 7) is 0. The molecule has 0 fully saturated rings. The zero-order valence-corrected chi connectivity index (χ0v) is 18.0. The molecule has 0 spiro atoms. The van der Waals surface area contributed by atoms with E-state index >= 15 is 0 Å². The molecule has 0 atom stereocenters. The number of hydrogen-bond donors (Lipinski definition) is 0. The van der Waals surface area contributed by atoms with Crippen LogP contribution in [0.25, 0.3) is 6.08 Å². The number of carbonyl (C=O) groups is 2. The van der Waals surface area contributed by atoms with Gasteiger partial charge in [0, 0.05) is 5.56 Å². The van der Waals surface area contributed by atoms with Gasteiger partial charge in [0.25, 0.3) is 0 Å². The summed E-state index contributed by atoms with van der Waals surface area (Å²) in [6, 6.07) is 16.0. The molecule has 0 aliphatic carbocycles. The highest BCUT2D eigenvalue weighted by molar-refractivity contribution is 9.10. The first-order valence-corrected chi connectivity index (χ1v) is 10.4. The second kappa shape index (κ2) is 8.64. The summed E-state index contributed by atoms with van der Waals surface area (Å²) in [5.41, 5.74) is 1.50. The monoisotopic (exact) mass is 483 g/mol. The molecule has 2 heterocycles. The Morgan fingerprint density at radius 2 is 1.97 bits per heavy atom. The normalized spacial score (nSPS) is 14.4. The number of halogens is 1. The second-order valence-electron chi connectivity index (χ2n) is 6.10. The summed E-state index contributed by atoms with van der Waals surface area (Å²) < 4.78 is 16.6. The van der Waals surface area contributed by atoms with E-state index in [1.54, 1.807) is 35.7 Å². The van der Waals surface area contributed by atoms with Gasteiger partial charge in [-0.25, -0.2) is 14.6 Å². The molecule has 150 valence electrons. The predicted octanol–water partition coefficient (Wildman–Crippen LogP) is 5.08. The Bertz CT molecular complexity index is 1170. The molecule has 30 heavy (non-hydrogen) atoms. The number of methoxy groups -OCH3 is 1. The van der Waals surface area contributed by atoms with Gasteiger partial charge >= 0.3 is 11.9 Å². The Balaban J connectivity index is 1.64. The van der Waals surface area contributed by atoms with E-state index in [1.165, 1.54) is 18.4 Å². The first kappa shape index (κ1) is 20.1. The lowest BCUT2D eigenvalue weighted by Gasteiger charge is -2.11. The summed E-state index contributed by atoms with van der Waals surface area (Å²) >= 11 is 4.69. The van der Waals surface area contributed by atoms with Crippen LogP contribution in [-0.4, -0.2) is 24.9 Å². The molecule has 1 aliphatic heterocycles. The van der Waals surface area contributed by atoms with Gasteiger partial charge in [0.05, 0.1) is 11.6 Å². The number of nitrogens with zero attached hydrogens (tertiary/aromatic N) is 1. The number of ether oxygens (including phenoxy) is 3. The Morgan fingerprint density at radius 1 is 1.17 bits per heavy atom. The maximum Gasteiger partial charge on any atom is 0.363 e. The third-order valence-corrected chi connectivity index (χ3v) is 5.55. The maximum atomic E-state index is 12.3. The minimum absolute atomic E-state index is 0.158. The van der Waals surface area contributed by atoms with Crippen LogP contribution in [0.5, 0.6) is 11.5 Å². The van der Waals surface area contributed by atoms with Crippen molar-refractivity contribution < 1.29 is 23.8 Å². The zero-order valence-electron chi connectivity index (χ0n) is 15.6. The molecule has 0 radical (unpaired) electrons. The molecule has 8 heteroatoms.